The molecule has 3 aromatic rings. The number of pyridine rings is 1. The van der Waals surface area contributed by atoms with Crippen molar-refractivity contribution < 1.29 is 19.0 Å². The van der Waals surface area contributed by atoms with Crippen molar-refractivity contribution in [1.29, 1.82) is 0 Å². The first-order valence-electron chi connectivity index (χ1n) is 10.1. The Hall–Kier alpha value is -3.54. The predicted octanol–water partition coefficient (Wildman–Crippen LogP) is 3.53. The van der Waals surface area contributed by atoms with Gasteiger partial charge in [-0.2, -0.15) is 0 Å². The molecule has 3 heterocycles. The second-order valence-corrected chi connectivity index (χ2v) is 7.47. The fourth-order valence-corrected chi connectivity index (χ4v) is 3.88. The maximum absolute atomic E-state index is 12.3. The Bertz CT molecular complexity index is 1070. The van der Waals surface area contributed by atoms with Crippen molar-refractivity contribution in [2.24, 2.45) is 0 Å². The van der Waals surface area contributed by atoms with Crippen molar-refractivity contribution in [3.8, 4) is 28.4 Å². The molecule has 0 saturated carbocycles. The van der Waals surface area contributed by atoms with Gasteiger partial charge in [0.25, 0.3) is 0 Å². The lowest BCUT2D eigenvalue weighted by molar-refractivity contribution is -0.121. The highest BCUT2D eigenvalue weighted by molar-refractivity contribution is 5.76. The van der Waals surface area contributed by atoms with Crippen molar-refractivity contribution >= 4 is 5.91 Å². The van der Waals surface area contributed by atoms with E-state index in [4.69, 9.17) is 14.2 Å². The summed E-state index contributed by atoms with van der Waals surface area (Å²) < 4.78 is 16.9. The van der Waals surface area contributed by atoms with E-state index < -0.39 is 0 Å². The Labute approximate surface area is 174 Å². The fourth-order valence-electron chi connectivity index (χ4n) is 3.88. The number of carbonyl (C=O) groups is 1. The molecular weight excluding hydrogens is 380 g/mol. The number of nitrogens with zero attached hydrogens (tertiary/aromatic N) is 1. The first-order chi connectivity index (χ1) is 14.8. The standard InChI is InChI=1S/C24H22N2O4/c27-23(7-5-16-4-6-21-22(12-16)29-15-28-21)26-14-19-13-18-2-1-3-20(24(18)30-19)17-8-10-25-11-9-17/h1-4,6,8-12,19H,5,7,13-15H2,(H,26,27)/t19-/m0/s1. The van der Waals surface area contributed by atoms with E-state index in [0.29, 0.717) is 19.4 Å². The number of rotatable bonds is 6. The number of aromatic nitrogens is 1. The van der Waals surface area contributed by atoms with Gasteiger partial charge in [0.15, 0.2) is 11.5 Å². The minimum Gasteiger partial charge on any atom is -0.487 e. The number of nitrogens with one attached hydrogen (secondary N) is 1. The number of aryl methyl sites for hydroxylation is 1. The summed E-state index contributed by atoms with van der Waals surface area (Å²) in [4.78, 5) is 16.4. The lowest BCUT2D eigenvalue weighted by Crippen LogP contribution is -2.34. The molecule has 0 fully saturated rings. The molecule has 1 aromatic heterocycles. The third-order valence-corrected chi connectivity index (χ3v) is 5.42. The van der Waals surface area contributed by atoms with Gasteiger partial charge in [-0.05, 0) is 47.4 Å². The predicted molar refractivity (Wildman–Crippen MR) is 112 cm³/mol. The van der Waals surface area contributed by atoms with Crippen LogP contribution in [0.25, 0.3) is 11.1 Å². The van der Waals surface area contributed by atoms with Crippen molar-refractivity contribution in [2.75, 3.05) is 13.3 Å². The maximum Gasteiger partial charge on any atom is 0.231 e. The van der Waals surface area contributed by atoms with Gasteiger partial charge in [0.1, 0.15) is 11.9 Å². The molecule has 1 amide bonds. The van der Waals surface area contributed by atoms with Crippen LogP contribution in [0.3, 0.4) is 0 Å². The topological polar surface area (TPSA) is 69.7 Å². The monoisotopic (exact) mass is 402 g/mol. The molecule has 6 heteroatoms. The Balaban J connectivity index is 1.15. The highest BCUT2D eigenvalue weighted by atomic mass is 16.7. The number of ether oxygens (including phenoxy) is 3. The Morgan fingerprint density at radius 2 is 1.93 bits per heavy atom. The molecule has 0 radical (unpaired) electrons. The van der Waals surface area contributed by atoms with E-state index >= 15 is 0 Å². The molecule has 2 aliphatic rings. The number of amides is 1. The van der Waals surface area contributed by atoms with E-state index in [1.54, 1.807) is 12.4 Å². The van der Waals surface area contributed by atoms with Crippen LogP contribution in [0.4, 0.5) is 0 Å². The minimum atomic E-state index is -0.0579. The van der Waals surface area contributed by atoms with Crippen molar-refractivity contribution in [3.63, 3.8) is 0 Å². The van der Waals surface area contributed by atoms with Gasteiger partial charge < -0.3 is 19.5 Å². The van der Waals surface area contributed by atoms with Gasteiger partial charge in [0.05, 0.1) is 6.54 Å². The zero-order chi connectivity index (χ0) is 20.3. The summed E-state index contributed by atoms with van der Waals surface area (Å²) in [7, 11) is 0. The quantitative estimate of drug-likeness (QED) is 0.683. The van der Waals surface area contributed by atoms with E-state index in [9.17, 15) is 4.79 Å². The molecule has 0 saturated heterocycles. The second-order valence-electron chi connectivity index (χ2n) is 7.47. The largest absolute Gasteiger partial charge is 0.487 e. The average molecular weight is 402 g/mol. The normalized spacial score (nSPS) is 16.1. The maximum atomic E-state index is 12.3. The van der Waals surface area contributed by atoms with Crippen LogP contribution in [0.15, 0.2) is 60.9 Å². The molecule has 5 rings (SSSR count). The van der Waals surface area contributed by atoms with Crippen LogP contribution in [-0.4, -0.2) is 30.3 Å². The minimum absolute atomic E-state index is 0.0154. The van der Waals surface area contributed by atoms with Gasteiger partial charge in [0.2, 0.25) is 12.7 Å². The molecule has 0 bridgehead atoms. The lowest BCUT2D eigenvalue weighted by atomic mass is 10.0. The summed E-state index contributed by atoms with van der Waals surface area (Å²) in [5.41, 5.74) is 4.37. The van der Waals surface area contributed by atoms with Crippen molar-refractivity contribution in [1.82, 2.24) is 10.3 Å². The van der Waals surface area contributed by atoms with Gasteiger partial charge in [-0.1, -0.05) is 24.3 Å². The zero-order valence-electron chi connectivity index (χ0n) is 16.5. The first-order valence-corrected chi connectivity index (χ1v) is 10.1. The summed E-state index contributed by atoms with van der Waals surface area (Å²) in [6.45, 7) is 0.746. The number of carbonyl (C=O) groups excluding carboxylic acids is 1. The average Bonchev–Trinajstić information content (AvgIpc) is 3.42. The Morgan fingerprint density at radius 3 is 2.83 bits per heavy atom. The van der Waals surface area contributed by atoms with Crippen LogP contribution < -0.4 is 19.5 Å². The Kier molecular flexibility index (Phi) is 4.97. The van der Waals surface area contributed by atoms with Crippen LogP contribution in [0.1, 0.15) is 17.5 Å². The summed E-state index contributed by atoms with van der Waals surface area (Å²) in [5, 5.41) is 3.01. The van der Waals surface area contributed by atoms with Gasteiger partial charge in [-0.3, -0.25) is 9.78 Å². The van der Waals surface area contributed by atoms with Crippen LogP contribution in [0, 0.1) is 0 Å². The number of benzene rings is 2. The fraction of sp³-hybridized carbons (Fsp3) is 0.250. The molecule has 2 aliphatic heterocycles. The highest BCUT2D eigenvalue weighted by Crippen LogP contribution is 2.38. The van der Waals surface area contributed by atoms with Gasteiger partial charge in [0, 0.05) is 30.8 Å². The molecular formula is C24H22N2O4. The molecule has 1 N–H and O–H groups in total. The Morgan fingerprint density at radius 1 is 1.07 bits per heavy atom. The van der Waals surface area contributed by atoms with Gasteiger partial charge >= 0.3 is 0 Å². The molecule has 1 atom stereocenters. The third kappa shape index (κ3) is 3.81. The molecule has 152 valence electrons. The summed E-state index contributed by atoms with van der Waals surface area (Å²) >= 11 is 0. The van der Waals surface area contributed by atoms with Gasteiger partial charge in [-0.25, -0.2) is 0 Å². The summed E-state index contributed by atoms with van der Waals surface area (Å²) in [6.07, 6.45) is 5.36. The third-order valence-electron chi connectivity index (χ3n) is 5.42. The van der Waals surface area contributed by atoms with Crippen LogP contribution in [-0.2, 0) is 17.6 Å². The van der Waals surface area contributed by atoms with Crippen molar-refractivity contribution in [2.45, 2.75) is 25.4 Å². The number of hydrogen-bond acceptors (Lipinski definition) is 5. The van der Waals surface area contributed by atoms with Gasteiger partial charge in [-0.15, -0.1) is 0 Å². The van der Waals surface area contributed by atoms with Crippen molar-refractivity contribution in [3.05, 3.63) is 72.1 Å². The van der Waals surface area contributed by atoms with E-state index in [0.717, 1.165) is 40.4 Å². The zero-order valence-corrected chi connectivity index (χ0v) is 16.5. The molecule has 6 nitrogen and oxygen atoms in total. The van der Waals surface area contributed by atoms with Crippen LogP contribution >= 0.6 is 0 Å². The number of fused-ring (bicyclic) bond motifs is 2. The van der Waals surface area contributed by atoms with E-state index in [-0.39, 0.29) is 18.8 Å². The highest BCUT2D eigenvalue weighted by Gasteiger charge is 2.26. The molecule has 2 aromatic carbocycles. The van der Waals surface area contributed by atoms with E-state index in [2.05, 4.69) is 22.4 Å². The molecule has 0 aliphatic carbocycles. The van der Waals surface area contributed by atoms with E-state index in [1.807, 2.05) is 36.4 Å². The molecule has 30 heavy (non-hydrogen) atoms. The second kappa shape index (κ2) is 8.06. The van der Waals surface area contributed by atoms with E-state index in [1.165, 1.54) is 5.56 Å². The SMILES string of the molecule is O=C(CCc1ccc2c(c1)OCO2)NC[C@@H]1Cc2cccc(-c3ccncc3)c2O1. The number of hydrogen-bond donors (Lipinski definition) is 1. The lowest BCUT2D eigenvalue weighted by Gasteiger charge is -2.13. The van der Waals surface area contributed by atoms with Crippen LogP contribution in [0.5, 0.6) is 17.2 Å². The summed E-state index contributed by atoms with van der Waals surface area (Å²) in [6, 6.07) is 15.9. The smallest absolute Gasteiger partial charge is 0.231 e. The first kappa shape index (κ1) is 18.5. The van der Waals surface area contributed by atoms with Crippen LogP contribution in [0.2, 0.25) is 0 Å². The summed E-state index contributed by atoms with van der Waals surface area (Å²) in [5.74, 6) is 2.42. The molecule has 0 unspecified atom stereocenters. The number of para-hydroxylation sites is 1. The molecule has 0 spiro atoms.